The first-order valence-corrected chi connectivity index (χ1v) is 14.2. The fourth-order valence-electron chi connectivity index (χ4n) is 3.56. The minimum atomic E-state index is -3.85. The maximum atomic E-state index is 13.3. The van der Waals surface area contributed by atoms with Gasteiger partial charge in [-0.25, -0.2) is 0 Å². The third kappa shape index (κ3) is 6.98. The lowest BCUT2D eigenvalue weighted by Gasteiger charge is -2.21. The number of sulfonamides is 1. The van der Waals surface area contributed by atoms with Crippen LogP contribution in [0, 0.1) is 13.8 Å². The molecule has 0 aliphatic carbocycles. The van der Waals surface area contributed by atoms with E-state index in [1.807, 2.05) is 98.8 Å². The van der Waals surface area contributed by atoms with E-state index in [1.54, 1.807) is 24.3 Å². The van der Waals surface area contributed by atoms with Crippen molar-refractivity contribution in [3.8, 4) is 0 Å². The molecule has 2 atom stereocenters. The van der Waals surface area contributed by atoms with Crippen LogP contribution < -0.4 is 0 Å². The highest BCUT2D eigenvalue weighted by Crippen LogP contribution is 2.26. The second kappa shape index (κ2) is 11.6. The van der Waals surface area contributed by atoms with Gasteiger partial charge in [0.05, 0.1) is 17.6 Å². The molecule has 0 N–H and O–H groups in total. The molecule has 0 fully saturated rings. The zero-order valence-corrected chi connectivity index (χ0v) is 21.5. The van der Waals surface area contributed by atoms with Crippen LogP contribution in [0.15, 0.2) is 123 Å². The van der Waals surface area contributed by atoms with Crippen LogP contribution in [0.1, 0.15) is 28.4 Å². The lowest BCUT2D eigenvalue weighted by molar-refractivity contribution is 0.0555. The average Bonchev–Trinajstić information content (AvgIpc) is 2.87. The Bertz CT molecular complexity index is 1370. The maximum absolute atomic E-state index is 13.3. The van der Waals surface area contributed by atoms with E-state index < -0.39 is 20.7 Å². The summed E-state index contributed by atoms with van der Waals surface area (Å²) in [7, 11) is -4.80. The summed E-state index contributed by atoms with van der Waals surface area (Å²) in [5.74, 6) is 0.422. The summed E-state index contributed by atoms with van der Waals surface area (Å²) in [4.78, 5) is 1.07. The highest BCUT2D eigenvalue weighted by molar-refractivity contribution is 8.00. The Morgan fingerprint density at radius 2 is 1.29 bits per heavy atom. The van der Waals surface area contributed by atoms with Gasteiger partial charge in [-0.3, -0.25) is 0 Å². The molecule has 0 spiro atoms. The molecule has 0 amide bonds. The molecule has 6 heteroatoms. The molecule has 0 aliphatic rings. The van der Waals surface area contributed by atoms with Gasteiger partial charge in [0.25, 0.3) is 10.0 Å². The summed E-state index contributed by atoms with van der Waals surface area (Å²) < 4.78 is 37.4. The predicted molar refractivity (Wildman–Crippen MR) is 143 cm³/mol. The van der Waals surface area contributed by atoms with E-state index in [9.17, 15) is 8.42 Å². The summed E-state index contributed by atoms with van der Waals surface area (Å²) >= 11 is 0. The van der Waals surface area contributed by atoms with E-state index in [1.165, 1.54) is 0 Å². The highest BCUT2D eigenvalue weighted by Gasteiger charge is 2.20. The molecule has 0 aromatic heterocycles. The Labute approximate surface area is 210 Å². The van der Waals surface area contributed by atoms with Crippen molar-refractivity contribution in [1.82, 2.24) is 0 Å². The van der Waals surface area contributed by atoms with Gasteiger partial charge in [0.1, 0.15) is 0 Å². The SMILES string of the molecule is Cc1ccc(/[S@@](C[C@@H](OCc2ccccc2)c2ccccc2)=N\S(=O)(=O)c2ccc(C)cc2)cc1. The Hall–Kier alpha value is -3.06. The van der Waals surface area contributed by atoms with Crippen LogP contribution in [-0.2, 0) is 32.1 Å². The van der Waals surface area contributed by atoms with Crippen LogP contribution >= 0.6 is 0 Å². The number of rotatable bonds is 9. The fraction of sp³-hybridized carbons (Fsp3) is 0.172. The van der Waals surface area contributed by atoms with Crippen molar-refractivity contribution in [1.29, 1.82) is 0 Å². The summed E-state index contributed by atoms with van der Waals surface area (Å²) in [5, 5.41) is 0. The molecular formula is C29H29NO3S2. The summed E-state index contributed by atoms with van der Waals surface area (Å²) in [6, 6.07) is 34.6. The topological polar surface area (TPSA) is 55.7 Å². The van der Waals surface area contributed by atoms with Gasteiger partial charge in [-0.15, -0.1) is 3.77 Å². The van der Waals surface area contributed by atoms with E-state index in [2.05, 4.69) is 3.77 Å². The lowest BCUT2D eigenvalue weighted by atomic mass is 10.1. The first kappa shape index (κ1) is 25.0. The predicted octanol–water partition coefficient (Wildman–Crippen LogP) is 6.81. The summed E-state index contributed by atoms with van der Waals surface area (Å²) in [6.07, 6.45) is -0.321. The molecule has 4 rings (SSSR count). The molecular weight excluding hydrogens is 474 g/mol. The molecule has 0 aliphatic heterocycles. The van der Waals surface area contributed by atoms with E-state index in [0.717, 1.165) is 27.1 Å². The third-order valence-electron chi connectivity index (χ3n) is 5.57. The first-order valence-electron chi connectivity index (χ1n) is 11.4. The van der Waals surface area contributed by atoms with Gasteiger partial charge in [0.15, 0.2) is 0 Å². The van der Waals surface area contributed by atoms with Crippen molar-refractivity contribution in [2.24, 2.45) is 3.77 Å². The van der Waals surface area contributed by atoms with Gasteiger partial charge in [0.2, 0.25) is 0 Å². The van der Waals surface area contributed by atoms with Crippen LogP contribution in [0.2, 0.25) is 0 Å². The monoisotopic (exact) mass is 503 g/mol. The van der Waals surface area contributed by atoms with Gasteiger partial charge in [-0.1, -0.05) is 96.1 Å². The van der Waals surface area contributed by atoms with Crippen molar-refractivity contribution < 1.29 is 13.2 Å². The average molecular weight is 504 g/mol. The highest BCUT2D eigenvalue weighted by atomic mass is 32.3. The summed E-state index contributed by atoms with van der Waals surface area (Å²) in [6.45, 7) is 4.37. The van der Waals surface area contributed by atoms with Crippen LogP contribution in [0.5, 0.6) is 0 Å². The number of ether oxygens (including phenoxy) is 1. The van der Waals surface area contributed by atoms with Crippen molar-refractivity contribution in [3.05, 3.63) is 131 Å². The van der Waals surface area contributed by atoms with E-state index in [-0.39, 0.29) is 11.0 Å². The lowest BCUT2D eigenvalue weighted by Crippen LogP contribution is -2.15. The number of aryl methyl sites for hydroxylation is 2. The molecule has 0 radical (unpaired) electrons. The zero-order valence-electron chi connectivity index (χ0n) is 19.9. The smallest absolute Gasteiger partial charge is 0.288 e. The molecule has 4 aromatic rings. The largest absolute Gasteiger partial charge is 0.368 e. The zero-order chi connectivity index (χ0) is 24.7. The van der Waals surface area contributed by atoms with Crippen LogP contribution in [-0.4, -0.2) is 14.2 Å². The van der Waals surface area contributed by atoms with Gasteiger partial charge in [-0.2, -0.15) is 8.42 Å². The van der Waals surface area contributed by atoms with E-state index in [0.29, 0.717) is 12.4 Å². The summed E-state index contributed by atoms with van der Waals surface area (Å²) in [5.41, 5.74) is 4.17. The Morgan fingerprint density at radius 3 is 1.89 bits per heavy atom. The van der Waals surface area contributed by atoms with Gasteiger partial charge >= 0.3 is 0 Å². The Morgan fingerprint density at radius 1 is 0.743 bits per heavy atom. The van der Waals surface area contributed by atoms with Gasteiger partial charge in [-0.05, 0) is 59.9 Å². The number of hydrogen-bond acceptors (Lipinski definition) is 3. The normalized spacial score (nSPS) is 13.4. The van der Waals surface area contributed by atoms with Crippen LogP contribution in [0.4, 0.5) is 0 Å². The first-order chi connectivity index (χ1) is 16.9. The maximum Gasteiger partial charge on any atom is 0.288 e. The molecule has 180 valence electrons. The second-order valence-electron chi connectivity index (χ2n) is 8.40. The molecule has 4 aromatic carbocycles. The second-order valence-corrected chi connectivity index (χ2v) is 12.0. The molecule has 35 heavy (non-hydrogen) atoms. The molecule has 0 unspecified atom stereocenters. The molecule has 0 saturated heterocycles. The van der Waals surface area contributed by atoms with Gasteiger partial charge in [0, 0.05) is 10.6 Å². The number of nitrogens with zero attached hydrogens (tertiary/aromatic N) is 1. The quantitative estimate of drug-likeness (QED) is 0.252. The minimum absolute atomic E-state index is 0.203. The van der Waals surface area contributed by atoms with Crippen molar-refractivity contribution in [2.45, 2.75) is 36.3 Å². The van der Waals surface area contributed by atoms with Crippen LogP contribution in [0.3, 0.4) is 0 Å². The molecule has 4 nitrogen and oxygen atoms in total. The molecule has 0 heterocycles. The van der Waals surface area contributed by atoms with Gasteiger partial charge < -0.3 is 4.74 Å². The van der Waals surface area contributed by atoms with Crippen molar-refractivity contribution in [3.63, 3.8) is 0 Å². The van der Waals surface area contributed by atoms with Crippen molar-refractivity contribution >= 4 is 20.7 Å². The van der Waals surface area contributed by atoms with E-state index >= 15 is 0 Å². The molecule has 0 saturated carbocycles. The third-order valence-corrected chi connectivity index (χ3v) is 9.38. The molecule has 0 bridgehead atoms. The number of benzene rings is 4. The number of hydrogen-bond donors (Lipinski definition) is 0. The Balaban J connectivity index is 1.72. The van der Waals surface area contributed by atoms with Crippen LogP contribution in [0.25, 0.3) is 0 Å². The van der Waals surface area contributed by atoms with Crippen molar-refractivity contribution in [2.75, 3.05) is 5.75 Å². The van der Waals surface area contributed by atoms with E-state index in [4.69, 9.17) is 4.74 Å². The fourth-order valence-corrected chi connectivity index (χ4v) is 7.14. The minimum Gasteiger partial charge on any atom is -0.368 e. The standard InChI is InChI=1S/C29H29NO3S2/c1-23-13-17-27(18-14-23)34(30-35(31,32)28-19-15-24(2)16-20-28)22-29(26-11-7-4-8-12-26)33-21-25-9-5-3-6-10-25/h3-20,29H,21-22H2,1-2H3/t29-,34-/m1/s1. The Kier molecular flexibility index (Phi) is 8.29.